The average Bonchev–Trinajstić information content (AvgIpc) is 3.38. The van der Waals surface area contributed by atoms with Crippen LogP contribution in [0.1, 0.15) is 40.9 Å². The lowest BCUT2D eigenvalue weighted by molar-refractivity contribution is -0.128. The van der Waals surface area contributed by atoms with Gasteiger partial charge in [-0.2, -0.15) is 5.10 Å². The monoisotopic (exact) mass is 444 g/mol. The fourth-order valence-electron chi connectivity index (χ4n) is 4.28. The zero-order valence-electron chi connectivity index (χ0n) is 19.6. The smallest absolute Gasteiger partial charge is 0.222 e. The number of likely N-dealkylation sites (tertiary alicyclic amines) is 1. The summed E-state index contributed by atoms with van der Waals surface area (Å²) in [5.74, 6) is 0.974. The van der Waals surface area contributed by atoms with Crippen molar-refractivity contribution in [1.29, 1.82) is 0 Å². The zero-order valence-corrected chi connectivity index (χ0v) is 19.6. The van der Waals surface area contributed by atoms with Crippen molar-refractivity contribution in [3.63, 3.8) is 0 Å². The van der Waals surface area contributed by atoms with Crippen LogP contribution in [0.25, 0.3) is 5.69 Å². The van der Waals surface area contributed by atoms with Gasteiger partial charge in [-0.1, -0.05) is 42.5 Å². The maximum absolute atomic E-state index is 12.0. The van der Waals surface area contributed by atoms with E-state index in [2.05, 4.69) is 58.0 Å². The van der Waals surface area contributed by atoms with E-state index in [1.165, 1.54) is 11.1 Å². The number of hydrogen-bond acceptors (Lipinski definition) is 3. The molecule has 1 aliphatic heterocycles. The molecule has 1 saturated heterocycles. The van der Waals surface area contributed by atoms with Crippen molar-refractivity contribution >= 4 is 11.9 Å². The SMILES string of the molecule is CN=C(NCc1ccccc1CN1CCCC1=O)NCc1ccccc1-n1nc(C)cc1C. The lowest BCUT2D eigenvalue weighted by Crippen LogP contribution is -2.37. The molecule has 7 nitrogen and oxygen atoms in total. The number of hydrogen-bond donors (Lipinski definition) is 2. The second kappa shape index (κ2) is 10.3. The fourth-order valence-corrected chi connectivity index (χ4v) is 4.28. The van der Waals surface area contributed by atoms with Gasteiger partial charge in [0.2, 0.25) is 5.91 Å². The fraction of sp³-hybridized carbons (Fsp3) is 0.346. The van der Waals surface area contributed by atoms with E-state index in [4.69, 9.17) is 0 Å². The van der Waals surface area contributed by atoms with Crippen LogP contribution in [0, 0.1) is 13.8 Å². The topological polar surface area (TPSA) is 74.6 Å². The predicted molar refractivity (Wildman–Crippen MR) is 131 cm³/mol. The van der Waals surface area contributed by atoms with Crippen LogP contribution < -0.4 is 10.6 Å². The number of aromatic nitrogens is 2. The number of aliphatic imine (C=N–C) groups is 1. The molecule has 0 bridgehead atoms. The number of nitrogens with one attached hydrogen (secondary N) is 2. The van der Waals surface area contributed by atoms with Gasteiger partial charge in [-0.25, -0.2) is 4.68 Å². The number of rotatable bonds is 7. The number of carbonyl (C=O) groups excluding carboxylic acids is 1. The predicted octanol–water partition coefficient (Wildman–Crippen LogP) is 3.48. The summed E-state index contributed by atoms with van der Waals surface area (Å²) in [5.41, 5.74) is 6.65. The van der Waals surface area contributed by atoms with Crippen molar-refractivity contribution in [1.82, 2.24) is 25.3 Å². The van der Waals surface area contributed by atoms with E-state index in [-0.39, 0.29) is 5.91 Å². The third-order valence-electron chi connectivity index (χ3n) is 6.00. The summed E-state index contributed by atoms with van der Waals surface area (Å²) in [5, 5.41) is 11.5. The molecular formula is C26H32N6O. The molecule has 0 spiro atoms. The molecule has 7 heteroatoms. The number of aryl methyl sites for hydroxylation is 2. The quantitative estimate of drug-likeness (QED) is 0.432. The van der Waals surface area contributed by atoms with Gasteiger partial charge in [-0.05, 0) is 49.1 Å². The number of para-hydroxylation sites is 1. The van der Waals surface area contributed by atoms with Crippen molar-refractivity contribution in [3.8, 4) is 5.69 Å². The van der Waals surface area contributed by atoms with Crippen molar-refractivity contribution in [2.75, 3.05) is 13.6 Å². The number of amides is 1. The Morgan fingerprint density at radius 2 is 1.67 bits per heavy atom. The highest BCUT2D eigenvalue weighted by atomic mass is 16.2. The van der Waals surface area contributed by atoms with Crippen LogP contribution in [0.15, 0.2) is 59.6 Å². The van der Waals surface area contributed by atoms with Gasteiger partial charge >= 0.3 is 0 Å². The Kier molecular flexibility index (Phi) is 7.07. The first kappa shape index (κ1) is 22.6. The molecule has 2 aromatic carbocycles. The highest BCUT2D eigenvalue weighted by Crippen LogP contribution is 2.18. The molecule has 1 fully saturated rings. The van der Waals surface area contributed by atoms with E-state index >= 15 is 0 Å². The number of carbonyl (C=O) groups is 1. The standard InChI is InChI=1S/C26H32N6O/c1-19-15-20(2)32(30-19)24-12-7-6-10-22(24)17-29-26(27-3)28-16-21-9-4-5-11-23(21)18-31-14-8-13-25(31)33/h4-7,9-12,15H,8,13-14,16-18H2,1-3H3,(H2,27,28,29). The van der Waals surface area contributed by atoms with Crippen molar-refractivity contribution in [2.45, 2.75) is 46.3 Å². The second-order valence-electron chi connectivity index (χ2n) is 8.43. The van der Waals surface area contributed by atoms with Gasteiger partial charge in [0.1, 0.15) is 0 Å². The van der Waals surface area contributed by atoms with E-state index < -0.39 is 0 Å². The van der Waals surface area contributed by atoms with E-state index in [0.717, 1.165) is 41.6 Å². The van der Waals surface area contributed by atoms with Crippen LogP contribution >= 0.6 is 0 Å². The Labute approximate surface area is 195 Å². The Morgan fingerprint density at radius 3 is 2.30 bits per heavy atom. The van der Waals surface area contributed by atoms with Crippen LogP contribution in [0.2, 0.25) is 0 Å². The molecule has 0 unspecified atom stereocenters. The van der Waals surface area contributed by atoms with Crippen LogP contribution in [0.4, 0.5) is 0 Å². The molecule has 3 aromatic rings. The minimum Gasteiger partial charge on any atom is -0.352 e. The Bertz CT molecular complexity index is 1150. The molecule has 0 aliphatic carbocycles. The molecule has 0 atom stereocenters. The normalized spacial score (nSPS) is 14.1. The van der Waals surface area contributed by atoms with Crippen LogP contribution in [-0.2, 0) is 24.4 Å². The summed E-state index contributed by atoms with van der Waals surface area (Å²) in [6.07, 6.45) is 1.62. The lowest BCUT2D eigenvalue weighted by atomic mass is 10.1. The third kappa shape index (κ3) is 5.42. The molecule has 0 saturated carbocycles. The highest BCUT2D eigenvalue weighted by molar-refractivity contribution is 5.80. The van der Waals surface area contributed by atoms with Gasteiger partial charge in [-0.15, -0.1) is 0 Å². The van der Waals surface area contributed by atoms with Gasteiger partial charge < -0.3 is 15.5 Å². The van der Waals surface area contributed by atoms with Gasteiger partial charge in [0.15, 0.2) is 5.96 Å². The number of benzene rings is 2. The van der Waals surface area contributed by atoms with Crippen LogP contribution in [0.5, 0.6) is 0 Å². The van der Waals surface area contributed by atoms with E-state index in [1.54, 1.807) is 7.05 Å². The number of nitrogens with zero attached hydrogens (tertiary/aromatic N) is 4. The minimum absolute atomic E-state index is 0.247. The summed E-state index contributed by atoms with van der Waals surface area (Å²) in [6.45, 7) is 6.85. The molecule has 1 aliphatic rings. The third-order valence-corrected chi connectivity index (χ3v) is 6.00. The van der Waals surface area contributed by atoms with Crippen molar-refractivity contribution in [2.24, 2.45) is 4.99 Å². The molecule has 1 amide bonds. The summed E-state index contributed by atoms with van der Waals surface area (Å²) >= 11 is 0. The summed E-state index contributed by atoms with van der Waals surface area (Å²) < 4.78 is 1.98. The van der Waals surface area contributed by atoms with E-state index in [9.17, 15) is 4.79 Å². The Hall–Kier alpha value is -3.61. The first-order valence-electron chi connectivity index (χ1n) is 11.5. The molecule has 2 heterocycles. The highest BCUT2D eigenvalue weighted by Gasteiger charge is 2.20. The van der Waals surface area contributed by atoms with Gasteiger partial charge in [0.25, 0.3) is 0 Å². The molecule has 0 radical (unpaired) electrons. The zero-order chi connectivity index (χ0) is 23.2. The molecule has 2 N–H and O–H groups in total. The van der Waals surface area contributed by atoms with Gasteiger partial charge in [0, 0.05) is 45.3 Å². The average molecular weight is 445 g/mol. The molecule has 172 valence electrons. The Morgan fingerprint density at radius 1 is 1.00 bits per heavy atom. The van der Waals surface area contributed by atoms with Gasteiger partial charge in [0.05, 0.1) is 11.4 Å². The minimum atomic E-state index is 0.247. The first-order chi connectivity index (χ1) is 16.0. The summed E-state index contributed by atoms with van der Waals surface area (Å²) in [7, 11) is 1.77. The van der Waals surface area contributed by atoms with Crippen molar-refractivity contribution in [3.05, 3.63) is 82.7 Å². The van der Waals surface area contributed by atoms with Gasteiger partial charge in [-0.3, -0.25) is 9.79 Å². The number of guanidine groups is 1. The summed E-state index contributed by atoms with van der Waals surface area (Å²) in [6, 6.07) is 18.6. The second-order valence-corrected chi connectivity index (χ2v) is 8.43. The molecule has 1 aromatic heterocycles. The first-order valence-corrected chi connectivity index (χ1v) is 11.5. The van der Waals surface area contributed by atoms with Crippen molar-refractivity contribution < 1.29 is 4.79 Å². The maximum atomic E-state index is 12.0. The lowest BCUT2D eigenvalue weighted by Gasteiger charge is -2.19. The molecule has 4 rings (SSSR count). The van der Waals surface area contributed by atoms with E-state index in [1.807, 2.05) is 40.8 Å². The Balaban J connectivity index is 1.40. The van der Waals surface area contributed by atoms with E-state index in [0.29, 0.717) is 26.1 Å². The van der Waals surface area contributed by atoms with Crippen LogP contribution in [-0.4, -0.2) is 40.1 Å². The molecular weight excluding hydrogens is 412 g/mol. The van der Waals surface area contributed by atoms with Crippen LogP contribution in [0.3, 0.4) is 0 Å². The maximum Gasteiger partial charge on any atom is 0.222 e. The molecule has 33 heavy (non-hydrogen) atoms. The largest absolute Gasteiger partial charge is 0.352 e. The summed E-state index contributed by atoms with van der Waals surface area (Å²) in [4.78, 5) is 18.4.